The van der Waals surface area contributed by atoms with E-state index in [1.807, 2.05) is 29.2 Å². The van der Waals surface area contributed by atoms with E-state index in [4.69, 9.17) is 9.84 Å². The van der Waals surface area contributed by atoms with Gasteiger partial charge in [0.15, 0.2) is 0 Å². The summed E-state index contributed by atoms with van der Waals surface area (Å²) in [6, 6.07) is 7.39. The molecule has 0 atom stereocenters. The maximum Gasteiger partial charge on any atom is 0.254 e. The summed E-state index contributed by atoms with van der Waals surface area (Å²) in [5.41, 5.74) is 0.680. The Morgan fingerprint density at radius 1 is 1.29 bits per heavy atom. The highest BCUT2D eigenvalue weighted by Gasteiger charge is 2.21. The zero-order chi connectivity index (χ0) is 15.1. The number of carbonyl (C=O) groups excluding carboxylic acids is 1. The summed E-state index contributed by atoms with van der Waals surface area (Å²) < 4.78 is 5.58. The van der Waals surface area contributed by atoms with Crippen molar-refractivity contribution < 1.29 is 14.6 Å². The van der Waals surface area contributed by atoms with E-state index in [1.54, 1.807) is 0 Å². The number of aliphatic hydroxyl groups excluding tert-OH is 1. The average Bonchev–Trinajstić information content (AvgIpc) is 2.53. The minimum absolute atomic E-state index is 0.0561. The smallest absolute Gasteiger partial charge is 0.254 e. The standard InChI is InChI=1S/C16H24N2O3/c1-2-12-21-15-5-3-4-14(13-15)16(20)18-8-6-17(7-9-18)10-11-19/h3-5,13,19H,2,6-12H2,1H3. The molecule has 0 aliphatic carbocycles. The molecule has 1 aliphatic heterocycles. The molecule has 5 nitrogen and oxygen atoms in total. The molecule has 1 saturated heterocycles. The predicted octanol–water partition coefficient (Wildman–Crippen LogP) is 1.23. The molecule has 5 heteroatoms. The highest BCUT2D eigenvalue weighted by Crippen LogP contribution is 2.16. The van der Waals surface area contributed by atoms with Crippen molar-refractivity contribution in [3.63, 3.8) is 0 Å². The fourth-order valence-corrected chi connectivity index (χ4v) is 2.44. The molecule has 2 rings (SSSR count). The van der Waals surface area contributed by atoms with Gasteiger partial charge in [0.2, 0.25) is 0 Å². The first kappa shape index (κ1) is 15.8. The molecule has 0 spiro atoms. The number of carbonyl (C=O) groups is 1. The van der Waals surface area contributed by atoms with Crippen molar-refractivity contribution in [1.82, 2.24) is 9.80 Å². The van der Waals surface area contributed by atoms with Crippen molar-refractivity contribution in [2.24, 2.45) is 0 Å². The molecular formula is C16H24N2O3. The molecule has 1 amide bonds. The van der Waals surface area contributed by atoms with Crippen LogP contribution in [-0.2, 0) is 0 Å². The largest absolute Gasteiger partial charge is 0.494 e. The van der Waals surface area contributed by atoms with Gasteiger partial charge in [-0.3, -0.25) is 9.69 Å². The Kier molecular flexibility index (Phi) is 6.02. The molecule has 0 bridgehead atoms. The number of hydrogen-bond acceptors (Lipinski definition) is 4. The number of nitrogens with zero attached hydrogens (tertiary/aromatic N) is 2. The quantitative estimate of drug-likeness (QED) is 0.857. The van der Waals surface area contributed by atoms with Gasteiger partial charge in [0.05, 0.1) is 13.2 Å². The normalized spacial score (nSPS) is 16.0. The van der Waals surface area contributed by atoms with E-state index in [9.17, 15) is 4.79 Å². The Morgan fingerprint density at radius 3 is 2.71 bits per heavy atom. The molecule has 1 fully saturated rings. The van der Waals surface area contributed by atoms with E-state index in [1.165, 1.54) is 0 Å². The van der Waals surface area contributed by atoms with Crippen molar-refractivity contribution >= 4 is 5.91 Å². The van der Waals surface area contributed by atoms with Crippen LogP contribution in [0.1, 0.15) is 23.7 Å². The number of amides is 1. The van der Waals surface area contributed by atoms with Gasteiger partial charge in [0.25, 0.3) is 5.91 Å². The second-order valence-corrected chi connectivity index (χ2v) is 5.23. The van der Waals surface area contributed by atoms with Gasteiger partial charge in [0, 0.05) is 38.3 Å². The summed E-state index contributed by atoms with van der Waals surface area (Å²) in [6.45, 7) is 6.62. The van der Waals surface area contributed by atoms with E-state index < -0.39 is 0 Å². The van der Waals surface area contributed by atoms with Crippen LogP contribution in [0.25, 0.3) is 0 Å². The second kappa shape index (κ2) is 8.00. The Labute approximate surface area is 126 Å². The van der Waals surface area contributed by atoms with Crippen LogP contribution in [0.5, 0.6) is 5.75 Å². The van der Waals surface area contributed by atoms with E-state index in [0.717, 1.165) is 25.3 Å². The zero-order valence-electron chi connectivity index (χ0n) is 12.6. The van der Waals surface area contributed by atoms with Gasteiger partial charge in [-0.05, 0) is 24.6 Å². The molecule has 0 saturated carbocycles. The van der Waals surface area contributed by atoms with Crippen LogP contribution in [0.3, 0.4) is 0 Å². The first-order chi connectivity index (χ1) is 10.2. The molecule has 1 aromatic carbocycles. The van der Waals surface area contributed by atoms with Gasteiger partial charge in [-0.15, -0.1) is 0 Å². The molecule has 21 heavy (non-hydrogen) atoms. The Bertz CT molecular complexity index is 457. The number of hydrogen-bond donors (Lipinski definition) is 1. The molecular weight excluding hydrogens is 268 g/mol. The van der Waals surface area contributed by atoms with Crippen LogP contribution >= 0.6 is 0 Å². The molecule has 1 aliphatic rings. The van der Waals surface area contributed by atoms with Crippen molar-refractivity contribution in [3.8, 4) is 5.75 Å². The molecule has 116 valence electrons. The Hall–Kier alpha value is -1.59. The molecule has 1 aromatic rings. The lowest BCUT2D eigenvalue weighted by molar-refractivity contribution is 0.0614. The van der Waals surface area contributed by atoms with Gasteiger partial charge in [-0.25, -0.2) is 0 Å². The van der Waals surface area contributed by atoms with E-state index in [2.05, 4.69) is 11.8 Å². The zero-order valence-corrected chi connectivity index (χ0v) is 12.6. The number of piperazine rings is 1. The van der Waals surface area contributed by atoms with Crippen LogP contribution in [0.2, 0.25) is 0 Å². The van der Waals surface area contributed by atoms with Crippen LogP contribution < -0.4 is 4.74 Å². The minimum atomic E-state index is 0.0561. The van der Waals surface area contributed by atoms with E-state index >= 15 is 0 Å². The van der Waals surface area contributed by atoms with Crippen molar-refractivity contribution in [2.45, 2.75) is 13.3 Å². The van der Waals surface area contributed by atoms with Gasteiger partial charge in [-0.1, -0.05) is 13.0 Å². The molecule has 1 heterocycles. The fourth-order valence-electron chi connectivity index (χ4n) is 2.44. The summed E-state index contributed by atoms with van der Waals surface area (Å²) in [5.74, 6) is 0.808. The summed E-state index contributed by atoms with van der Waals surface area (Å²) >= 11 is 0. The summed E-state index contributed by atoms with van der Waals surface area (Å²) in [6.07, 6.45) is 0.949. The number of β-amino-alcohol motifs (C(OH)–C–C–N with tert-alkyl or cyclic N) is 1. The van der Waals surface area contributed by atoms with Crippen molar-refractivity contribution in [3.05, 3.63) is 29.8 Å². The third kappa shape index (κ3) is 4.44. The maximum atomic E-state index is 12.5. The summed E-state index contributed by atoms with van der Waals surface area (Å²) in [5, 5.41) is 8.94. The number of aliphatic hydroxyl groups is 1. The van der Waals surface area contributed by atoms with Crippen molar-refractivity contribution in [1.29, 1.82) is 0 Å². The van der Waals surface area contributed by atoms with Crippen molar-refractivity contribution in [2.75, 3.05) is 45.9 Å². The SMILES string of the molecule is CCCOc1cccc(C(=O)N2CCN(CCO)CC2)c1. The lowest BCUT2D eigenvalue weighted by atomic mass is 10.1. The monoisotopic (exact) mass is 292 g/mol. The topological polar surface area (TPSA) is 53.0 Å². The van der Waals surface area contributed by atoms with Gasteiger partial charge >= 0.3 is 0 Å². The van der Waals surface area contributed by atoms with Crippen LogP contribution in [-0.4, -0.2) is 66.8 Å². The maximum absolute atomic E-state index is 12.5. The van der Waals surface area contributed by atoms with Crippen LogP contribution in [0.15, 0.2) is 24.3 Å². The molecule has 0 aromatic heterocycles. The van der Waals surface area contributed by atoms with Crippen LogP contribution in [0.4, 0.5) is 0 Å². The third-order valence-corrected chi connectivity index (χ3v) is 3.63. The van der Waals surface area contributed by atoms with Gasteiger partial charge < -0.3 is 14.7 Å². The highest BCUT2D eigenvalue weighted by molar-refractivity contribution is 5.94. The van der Waals surface area contributed by atoms with Gasteiger partial charge in [0.1, 0.15) is 5.75 Å². The Morgan fingerprint density at radius 2 is 2.05 bits per heavy atom. The molecule has 0 radical (unpaired) electrons. The van der Waals surface area contributed by atoms with Crippen LogP contribution in [0, 0.1) is 0 Å². The number of ether oxygens (including phenoxy) is 1. The lowest BCUT2D eigenvalue weighted by Crippen LogP contribution is -2.49. The van der Waals surface area contributed by atoms with Gasteiger partial charge in [-0.2, -0.15) is 0 Å². The first-order valence-corrected chi connectivity index (χ1v) is 7.60. The highest BCUT2D eigenvalue weighted by atomic mass is 16.5. The lowest BCUT2D eigenvalue weighted by Gasteiger charge is -2.34. The summed E-state index contributed by atoms with van der Waals surface area (Å²) in [4.78, 5) is 16.5. The average molecular weight is 292 g/mol. The van der Waals surface area contributed by atoms with E-state index in [0.29, 0.717) is 31.8 Å². The number of rotatable bonds is 6. The fraction of sp³-hybridized carbons (Fsp3) is 0.562. The minimum Gasteiger partial charge on any atom is -0.494 e. The predicted molar refractivity (Wildman–Crippen MR) is 81.7 cm³/mol. The first-order valence-electron chi connectivity index (χ1n) is 7.60. The third-order valence-electron chi connectivity index (χ3n) is 3.63. The Balaban J connectivity index is 1.94. The number of benzene rings is 1. The molecule has 1 N–H and O–H groups in total. The summed E-state index contributed by atoms with van der Waals surface area (Å²) in [7, 11) is 0. The second-order valence-electron chi connectivity index (χ2n) is 5.23. The molecule has 0 unspecified atom stereocenters. The van der Waals surface area contributed by atoms with E-state index in [-0.39, 0.29) is 12.5 Å².